The van der Waals surface area contributed by atoms with Gasteiger partial charge in [-0.15, -0.1) is 0 Å². The number of fused-ring (bicyclic) bond motifs is 2. The molecule has 0 fully saturated rings. The van der Waals surface area contributed by atoms with Gasteiger partial charge in [0.2, 0.25) is 5.76 Å². The summed E-state index contributed by atoms with van der Waals surface area (Å²) in [6, 6.07) is 17.6. The largest absolute Gasteiger partial charge is 0.494 e. The van der Waals surface area contributed by atoms with E-state index in [1.807, 2.05) is 36.4 Å². The molecule has 0 saturated heterocycles. The molecule has 3 aromatic carbocycles. The molecular weight excluding hydrogens is 513 g/mol. The van der Waals surface area contributed by atoms with Gasteiger partial charge in [0.25, 0.3) is 5.91 Å². The summed E-state index contributed by atoms with van der Waals surface area (Å²) in [5, 5.41) is 0.101. The summed E-state index contributed by atoms with van der Waals surface area (Å²) in [4.78, 5) is 28.8. The van der Waals surface area contributed by atoms with Crippen LogP contribution in [0.3, 0.4) is 0 Å². The SMILES string of the molecule is CC(C)CCOc1cccc(C2c3c(oc4ccc(F)cc4c3=O)C(=O)N2c2ccc(Br)cc2)c1. The summed E-state index contributed by atoms with van der Waals surface area (Å²) in [5.74, 6) is 0.144. The molecule has 0 aliphatic carbocycles. The third-order valence-electron chi connectivity index (χ3n) is 6.07. The number of benzene rings is 3. The summed E-state index contributed by atoms with van der Waals surface area (Å²) in [7, 11) is 0. The second kappa shape index (κ2) is 9.30. The van der Waals surface area contributed by atoms with Crippen LogP contribution in [0.5, 0.6) is 5.75 Å². The Hall–Kier alpha value is -3.45. The molecule has 1 atom stereocenters. The van der Waals surface area contributed by atoms with Gasteiger partial charge in [-0.1, -0.05) is 41.9 Å². The number of rotatable bonds is 6. The maximum atomic E-state index is 14.0. The Morgan fingerprint density at radius 1 is 1.06 bits per heavy atom. The number of ether oxygens (including phenoxy) is 1. The van der Waals surface area contributed by atoms with Crippen molar-refractivity contribution >= 4 is 38.5 Å². The van der Waals surface area contributed by atoms with Crippen LogP contribution in [-0.4, -0.2) is 12.5 Å². The highest BCUT2D eigenvalue weighted by molar-refractivity contribution is 9.10. The third kappa shape index (κ3) is 4.36. The molecule has 7 heteroatoms. The van der Waals surface area contributed by atoms with Crippen molar-refractivity contribution < 1.29 is 18.3 Å². The smallest absolute Gasteiger partial charge is 0.295 e. The number of hydrogen-bond acceptors (Lipinski definition) is 4. The number of carbonyl (C=O) groups is 1. The first kappa shape index (κ1) is 23.3. The van der Waals surface area contributed by atoms with Crippen molar-refractivity contribution in [2.75, 3.05) is 11.5 Å². The summed E-state index contributed by atoms with van der Waals surface area (Å²) >= 11 is 3.42. The fourth-order valence-electron chi connectivity index (χ4n) is 4.32. The zero-order chi connectivity index (χ0) is 24.7. The number of hydrogen-bond donors (Lipinski definition) is 0. The second-order valence-electron chi connectivity index (χ2n) is 8.97. The molecular formula is C28H23BrFNO4. The standard InChI is InChI=1S/C28H23BrFNO4/c1-16(2)12-13-34-21-5-3-4-17(14-21)25-24-26(32)22-15-19(30)8-11-23(22)35-27(24)28(33)31(25)20-9-6-18(29)7-10-20/h3-11,14-16,25H,12-13H2,1-2H3. The van der Waals surface area contributed by atoms with Crippen molar-refractivity contribution in [2.24, 2.45) is 5.92 Å². The fraction of sp³-hybridized carbons (Fsp3) is 0.214. The molecule has 1 aromatic heterocycles. The van der Waals surface area contributed by atoms with Crippen molar-refractivity contribution in [3.05, 3.63) is 104 Å². The zero-order valence-corrected chi connectivity index (χ0v) is 20.8. The van der Waals surface area contributed by atoms with Gasteiger partial charge in [0.1, 0.15) is 17.1 Å². The molecule has 0 radical (unpaired) electrons. The Bertz CT molecular complexity index is 1480. The molecule has 35 heavy (non-hydrogen) atoms. The summed E-state index contributed by atoms with van der Waals surface area (Å²) in [5.41, 5.74) is 1.24. The molecule has 4 aromatic rings. The van der Waals surface area contributed by atoms with Crippen LogP contribution < -0.4 is 15.1 Å². The first-order valence-electron chi connectivity index (χ1n) is 11.4. The average molecular weight is 536 g/mol. The van der Waals surface area contributed by atoms with E-state index < -0.39 is 23.2 Å². The number of anilines is 1. The summed E-state index contributed by atoms with van der Waals surface area (Å²) < 4.78 is 26.7. The van der Waals surface area contributed by atoms with Crippen molar-refractivity contribution in [3.63, 3.8) is 0 Å². The number of halogens is 2. The highest BCUT2D eigenvalue weighted by Crippen LogP contribution is 2.42. The minimum atomic E-state index is -0.753. The predicted molar refractivity (Wildman–Crippen MR) is 137 cm³/mol. The number of amides is 1. The predicted octanol–water partition coefficient (Wildman–Crippen LogP) is 6.87. The molecule has 178 valence electrons. The molecule has 1 amide bonds. The highest BCUT2D eigenvalue weighted by atomic mass is 79.9. The van der Waals surface area contributed by atoms with E-state index in [-0.39, 0.29) is 22.3 Å². The molecule has 5 rings (SSSR count). The molecule has 0 N–H and O–H groups in total. The maximum Gasteiger partial charge on any atom is 0.295 e. The molecule has 0 bridgehead atoms. The van der Waals surface area contributed by atoms with Crippen LogP contribution >= 0.6 is 15.9 Å². The Morgan fingerprint density at radius 3 is 2.57 bits per heavy atom. The highest BCUT2D eigenvalue weighted by Gasteiger charge is 2.43. The molecule has 5 nitrogen and oxygen atoms in total. The van der Waals surface area contributed by atoms with Crippen molar-refractivity contribution in [1.82, 2.24) is 0 Å². The van der Waals surface area contributed by atoms with Crippen LogP contribution in [0.1, 0.15) is 48.0 Å². The molecule has 1 aliphatic heterocycles. The van der Waals surface area contributed by atoms with Crippen LogP contribution in [0.15, 0.2) is 80.4 Å². The van der Waals surface area contributed by atoms with Gasteiger partial charge >= 0.3 is 0 Å². The molecule has 1 aliphatic rings. The minimum Gasteiger partial charge on any atom is -0.494 e. The van der Waals surface area contributed by atoms with Crippen LogP contribution in [0, 0.1) is 11.7 Å². The van der Waals surface area contributed by atoms with Gasteiger partial charge in [0.05, 0.1) is 23.6 Å². The van der Waals surface area contributed by atoms with Gasteiger partial charge in [-0.3, -0.25) is 14.5 Å². The van der Waals surface area contributed by atoms with Gasteiger partial charge < -0.3 is 9.15 Å². The Balaban J connectivity index is 1.68. The Morgan fingerprint density at radius 2 is 1.83 bits per heavy atom. The van der Waals surface area contributed by atoms with E-state index in [9.17, 15) is 14.0 Å². The van der Waals surface area contributed by atoms with E-state index in [0.717, 1.165) is 17.0 Å². The lowest BCUT2D eigenvalue weighted by molar-refractivity contribution is 0.0971. The quantitative estimate of drug-likeness (QED) is 0.270. The van der Waals surface area contributed by atoms with Crippen molar-refractivity contribution in [1.29, 1.82) is 0 Å². The Kier molecular flexibility index (Phi) is 6.19. The van der Waals surface area contributed by atoms with E-state index in [4.69, 9.17) is 9.15 Å². The van der Waals surface area contributed by atoms with E-state index in [0.29, 0.717) is 29.5 Å². The van der Waals surface area contributed by atoms with Crippen LogP contribution in [-0.2, 0) is 0 Å². The van der Waals surface area contributed by atoms with Crippen LogP contribution in [0.4, 0.5) is 10.1 Å². The monoisotopic (exact) mass is 535 g/mol. The second-order valence-corrected chi connectivity index (χ2v) is 9.89. The van der Waals surface area contributed by atoms with Gasteiger partial charge in [0, 0.05) is 10.2 Å². The molecule has 1 unspecified atom stereocenters. The zero-order valence-electron chi connectivity index (χ0n) is 19.3. The van der Waals surface area contributed by atoms with E-state index in [2.05, 4.69) is 29.8 Å². The van der Waals surface area contributed by atoms with E-state index >= 15 is 0 Å². The lowest BCUT2D eigenvalue weighted by Crippen LogP contribution is -2.29. The lowest BCUT2D eigenvalue weighted by atomic mass is 9.98. The normalized spacial score (nSPS) is 15.2. The van der Waals surface area contributed by atoms with Gasteiger partial charge in [-0.2, -0.15) is 0 Å². The van der Waals surface area contributed by atoms with Gasteiger partial charge in [-0.05, 0) is 72.5 Å². The number of nitrogens with zero attached hydrogens (tertiary/aromatic N) is 1. The maximum absolute atomic E-state index is 14.0. The first-order valence-corrected chi connectivity index (χ1v) is 12.2. The first-order chi connectivity index (χ1) is 16.8. The van der Waals surface area contributed by atoms with Crippen LogP contribution in [0.25, 0.3) is 11.0 Å². The van der Waals surface area contributed by atoms with Crippen LogP contribution in [0.2, 0.25) is 0 Å². The molecule has 0 spiro atoms. The molecule has 2 heterocycles. The average Bonchev–Trinajstić information content (AvgIpc) is 3.13. The molecule has 0 saturated carbocycles. The van der Waals surface area contributed by atoms with Crippen molar-refractivity contribution in [3.8, 4) is 5.75 Å². The minimum absolute atomic E-state index is 0.0341. The number of carbonyl (C=O) groups excluding carboxylic acids is 1. The van der Waals surface area contributed by atoms with Gasteiger partial charge in [0.15, 0.2) is 5.43 Å². The summed E-state index contributed by atoms with van der Waals surface area (Å²) in [6.07, 6.45) is 0.904. The van der Waals surface area contributed by atoms with E-state index in [1.165, 1.54) is 12.1 Å². The van der Waals surface area contributed by atoms with E-state index in [1.54, 1.807) is 17.0 Å². The summed E-state index contributed by atoms with van der Waals surface area (Å²) in [6.45, 7) is 4.82. The topological polar surface area (TPSA) is 59.8 Å². The van der Waals surface area contributed by atoms with Crippen molar-refractivity contribution in [2.45, 2.75) is 26.3 Å². The fourth-order valence-corrected chi connectivity index (χ4v) is 4.58. The Labute approximate surface area is 210 Å². The van der Waals surface area contributed by atoms with Gasteiger partial charge in [-0.25, -0.2) is 4.39 Å². The lowest BCUT2D eigenvalue weighted by Gasteiger charge is -2.25. The third-order valence-corrected chi connectivity index (χ3v) is 6.60.